The number of hydrogen-bond donors (Lipinski definition) is 1. The van der Waals surface area contributed by atoms with Crippen LogP contribution in [0.4, 0.5) is 11.4 Å². The molecule has 1 N–H and O–H groups in total. The van der Waals surface area contributed by atoms with Gasteiger partial charge in [-0.05, 0) is 31.2 Å². The van der Waals surface area contributed by atoms with Gasteiger partial charge in [0.05, 0.1) is 5.56 Å². The molecule has 0 atom stereocenters. The van der Waals surface area contributed by atoms with E-state index < -0.39 is 5.97 Å². The van der Waals surface area contributed by atoms with Gasteiger partial charge in [0.15, 0.2) is 6.61 Å². The number of esters is 1. The largest absolute Gasteiger partial charge is 0.452 e. The fourth-order valence-electron chi connectivity index (χ4n) is 2.27. The van der Waals surface area contributed by atoms with Crippen LogP contribution < -0.4 is 10.2 Å². The molecule has 0 saturated carbocycles. The zero-order valence-electron chi connectivity index (χ0n) is 13.3. The van der Waals surface area contributed by atoms with Gasteiger partial charge in [-0.1, -0.05) is 30.3 Å². The Bertz CT molecular complexity index is 671. The highest BCUT2D eigenvalue weighted by molar-refractivity contribution is 5.99. The minimum atomic E-state index is -0.521. The Morgan fingerprint density at radius 2 is 1.70 bits per heavy atom. The molecular weight excluding hydrogens is 292 g/mol. The summed E-state index contributed by atoms with van der Waals surface area (Å²) in [6, 6.07) is 16.3. The number of amides is 1. The molecule has 2 aromatic carbocycles. The molecule has 5 nitrogen and oxygen atoms in total. The number of para-hydroxylation sites is 2. The Hall–Kier alpha value is -2.82. The molecule has 2 rings (SSSR count). The summed E-state index contributed by atoms with van der Waals surface area (Å²) >= 11 is 0. The van der Waals surface area contributed by atoms with Crippen molar-refractivity contribution in [2.75, 3.05) is 30.4 Å². The summed E-state index contributed by atoms with van der Waals surface area (Å²) in [5, 5.41) is 2.93. The first-order chi connectivity index (χ1) is 11.2. The van der Waals surface area contributed by atoms with Gasteiger partial charge < -0.3 is 15.0 Å². The molecule has 0 unspecified atom stereocenters. The first-order valence-corrected chi connectivity index (χ1v) is 7.46. The molecule has 0 bridgehead atoms. The Kier molecular flexibility index (Phi) is 5.74. The fraction of sp³-hybridized carbons (Fsp3) is 0.222. The van der Waals surface area contributed by atoms with Crippen molar-refractivity contribution in [1.82, 2.24) is 0 Å². The van der Waals surface area contributed by atoms with E-state index in [2.05, 4.69) is 5.32 Å². The lowest BCUT2D eigenvalue weighted by atomic mass is 10.2. The molecule has 1 amide bonds. The van der Waals surface area contributed by atoms with Crippen LogP contribution in [0.15, 0.2) is 54.6 Å². The Morgan fingerprint density at radius 3 is 2.35 bits per heavy atom. The van der Waals surface area contributed by atoms with Crippen LogP contribution in [0, 0.1) is 0 Å². The average molecular weight is 312 g/mol. The van der Waals surface area contributed by atoms with Gasteiger partial charge in [-0.3, -0.25) is 4.79 Å². The summed E-state index contributed by atoms with van der Waals surface area (Å²) in [5.41, 5.74) is 1.86. The predicted octanol–water partition coefficient (Wildman–Crippen LogP) is 2.94. The molecule has 0 aliphatic carbocycles. The second-order valence-corrected chi connectivity index (χ2v) is 4.85. The maximum Gasteiger partial charge on any atom is 0.340 e. The predicted molar refractivity (Wildman–Crippen MR) is 90.7 cm³/mol. The van der Waals surface area contributed by atoms with E-state index in [1.54, 1.807) is 30.1 Å². The van der Waals surface area contributed by atoms with Crippen LogP contribution in [0.5, 0.6) is 0 Å². The molecule has 0 aliphatic heterocycles. The highest BCUT2D eigenvalue weighted by Crippen LogP contribution is 2.16. The number of hydrogen-bond acceptors (Lipinski definition) is 4. The van der Waals surface area contributed by atoms with Gasteiger partial charge in [0, 0.05) is 25.0 Å². The van der Waals surface area contributed by atoms with Gasteiger partial charge in [0.1, 0.15) is 0 Å². The van der Waals surface area contributed by atoms with E-state index >= 15 is 0 Å². The summed E-state index contributed by atoms with van der Waals surface area (Å²) in [4.78, 5) is 26.0. The van der Waals surface area contributed by atoms with Crippen LogP contribution in [-0.2, 0) is 9.53 Å². The zero-order valence-corrected chi connectivity index (χ0v) is 13.3. The van der Waals surface area contributed by atoms with Crippen LogP contribution in [0.2, 0.25) is 0 Å². The van der Waals surface area contributed by atoms with Crippen molar-refractivity contribution in [3.63, 3.8) is 0 Å². The lowest BCUT2D eigenvalue weighted by Crippen LogP contribution is -2.34. The topological polar surface area (TPSA) is 58.6 Å². The van der Waals surface area contributed by atoms with Crippen molar-refractivity contribution >= 4 is 23.3 Å². The third kappa shape index (κ3) is 4.10. The summed E-state index contributed by atoms with van der Waals surface area (Å²) in [6.45, 7) is 2.09. The van der Waals surface area contributed by atoms with E-state index in [0.717, 1.165) is 5.69 Å². The molecule has 2 aromatic rings. The summed E-state index contributed by atoms with van der Waals surface area (Å²) in [7, 11) is 1.73. The van der Waals surface area contributed by atoms with Crippen LogP contribution in [0.25, 0.3) is 0 Å². The van der Waals surface area contributed by atoms with E-state index in [9.17, 15) is 9.59 Å². The normalized spacial score (nSPS) is 10.0. The highest BCUT2D eigenvalue weighted by Gasteiger charge is 2.17. The highest BCUT2D eigenvalue weighted by atomic mass is 16.5. The minimum absolute atomic E-state index is 0.256. The van der Waals surface area contributed by atoms with E-state index in [-0.39, 0.29) is 12.5 Å². The van der Waals surface area contributed by atoms with Crippen molar-refractivity contribution in [1.29, 1.82) is 0 Å². The second kappa shape index (κ2) is 7.98. The molecule has 0 heterocycles. The van der Waals surface area contributed by atoms with Gasteiger partial charge in [0.25, 0.3) is 5.91 Å². The molecule has 120 valence electrons. The van der Waals surface area contributed by atoms with Crippen molar-refractivity contribution in [3.8, 4) is 0 Å². The molecule has 0 fully saturated rings. The lowest BCUT2D eigenvalue weighted by molar-refractivity contribution is -0.121. The second-order valence-electron chi connectivity index (χ2n) is 4.85. The van der Waals surface area contributed by atoms with Crippen LogP contribution in [0.3, 0.4) is 0 Å². The SMILES string of the molecule is CCN(C(=O)COC(=O)c1ccccc1NC)c1ccccc1. The van der Waals surface area contributed by atoms with Crippen molar-refractivity contribution in [2.45, 2.75) is 6.92 Å². The number of likely N-dealkylation sites (N-methyl/N-ethyl adjacent to an activating group) is 1. The molecule has 0 aromatic heterocycles. The number of rotatable bonds is 6. The number of carbonyl (C=O) groups excluding carboxylic acids is 2. The Morgan fingerprint density at radius 1 is 1.04 bits per heavy atom. The summed E-state index contributed by atoms with van der Waals surface area (Å²) in [5.74, 6) is -0.776. The van der Waals surface area contributed by atoms with Crippen LogP contribution in [0.1, 0.15) is 17.3 Å². The third-order valence-corrected chi connectivity index (χ3v) is 3.43. The van der Waals surface area contributed by atoms with Gasteiger partial charge in [-0.15, -0.1) is 0 Å². The van der Waals surface area contributed by atoms with E-state index in [1.807, 2.05) is 43.3 Å². The number of nitrogens with zero attached hydrogens (tertiary/aromatic N) is 1. The quantitative estimate of drug-likeness (QED) is 0.833. The van der Waals surface area contributed by atoms with Crippen LogP contribution >= 0.6 is 0 Å². The smallest absolute Gasteiger partial charge is 0.340 e. The fourth-order valence-corrected chi connectivity index (χ4v) is 2.27. The van der Waals surface area contributed by atoms with Gasteiger partial charge >= 0.3 is 5.97 Å². The Labute approximate surface area is 135 Å². The van der Waals surface area contributed by atoms with Crippen molar-refractivity contribution in [3.05, 3.63) is 60.2 Å². The maximum absolute atomic E-state index is 12.3. The summed E-state index contributed by atoms with van der Waals surface area (Å²) < 4.78 is 5.17. The van der Waals surface area contributed by atoms with Gasteiger partial charge in [-0.2, -0.15) is 0 Å². The lowest BCUT2D eigenvalue weighted by Gasteiger charge is -2.20. The first kappa shape index (κ1) is 16.5. The molecule has 0 radical (unpaired) electrons. The van der Waals surface area contributed by atoms with Crippen molar-refractivity contribution < 1.29 is 14.3 Å². The molecule has 5 heteroatoms. The van der Waals surface area contributed by atoms with E-state index in [1.165, 1.54) is 0 Å². The van der Waals surface area contributed by atoms with E-state index in [4.69, 9.17) is 4.74 Å². The number of carbonyl (C=O) groups is 2. The van der Waals surface area contributed by atoms with Crippen LogP contribution in [-0.4, -0.2) is 32.1 Å². The molecule has 23 heavy (non-hydrogen) atoms. The zero-order chi connectivity index (χ0) is 16.7. The molecular formula is C18H20N2O3. The maximum atomic E-state index is 12.3. The summed E-state index contributed by atoms with van der Waals surface area (Å²) in [6.07, 6.45) is 0. The molecule has 0 spiro atoms. The number of nitrogens with one attached hydrogen (secondary N) is 1. The molecule has 0 aliphatic rings. The number of ether oxygens (including phenoxy) is 1. The number of benzene rings is 2. The van der Waals surface area contributed by atoms with Crippen molar-refractivity contribution in [2.24, 2.45) is 0 Å². The Balaban J connectivity index is 2.02. The third-order valence-electron chi connectivity index (χ3n) is 3.43. The monoisotopic (exact) mass is 312 g/mol. The van der Waals surface area contributed by atoms with Gasteiger partial charge in [-0.25, -0.2) is 4.79 Å². The standard InChI is InChI=1S/C18H20N2O3/c1-3-20(14-9-5-4-6-10-14)17(21)13-23-18(22)15-11-7-8-12-16(15)19-2/h4-12,19H,3,13H2,1-2H3. The van der Waals surface area contributed by atoms with Gasteiger partial charge in [0.2, 0.25) is 0 Å². The minimum Gasteiger partial charge on any atom is -0.452 e. The number of anilines is 2. The molecule has 0 saturated heterocycles. The van der Waals surface area contributed by atoms with E-state index in [0.29, 0.717) is 17.8 Å². The average Bonchev–Trinajstić information content (AvgIpc) is 2.61. The first-order valence-electron chi connectivity index (χ1n) is 7.46.